The van der Waals surface area contributed by atoms with E-state index in [-0.39, 0.29) is 17.1 Å². The molecular weight excluding hydrogens is 444 g/mol. The number of esters is 1. The Morgan fingerprint density at radius 1 is 0.667 bits per heavy atom. The molecule has 0 radical (unpaired) electrons. The molecule has 0 fully saturated rings. The first-order valence-corrected chi connectivity index (χ1v) is 15.4. The van der Waals surface area contributed by atoms with Gasteiger partial charge in [-0.15, -0.1) is 0 Å². The van der Waals surface area contributed by atoms with Crippen LogP contribution in [0, 0.1) is 0 Å². The Kier molecular flexibility index (Phi) is 19.5. The Morgan fingerprint density at radius 3 is 1.53 bits per heavy atom. The molecule has 3 heteroatoms. The molecule has 0 aliphatic heterocycles. The summed E-state index contributed by atoms with van der Waals surface area (Å²) in [5.41, 5.74) is 1.17. The van der Waals surface area contributed by atoms with E-state index in [9.17, 15) is 9.90 Å². The second-order valence-electron chi connectivity index (χ2n) is 11.5. The Labute approximate surface area is 223 Å². The van der Waals surface area contributed by atoms with Gasteiger partial charge in [-0.05, 0) is 42.4 Å². The largest absolute Gasteiger partial charge is 0.508 e. The summed E-state index contributed by atoms with van der Waals surface area (Å²) in [5.74, 6) is 0.223. The predicted octanol–water partition coefficient (Wildman–Crippen LogP) is 10.4. The fourth-order valence-corrected chi connectivity index (χ4v) is 4.99. The fraction of sp³-hybridized carbons (Fsp3) is 0.788. The number of aromatic hydroxyl groups is 1. The molecule has 0 heterocycles. The van der Waals surface area contributed by atoms with Crippen molar-refractivity contribution in [3.8, 4) is 5.75 Å². The van der Waals surface area contributed by atoms with E-state index in [0.717, 1.165) is 19.3 Å². The van der Waals surface area contributed by atoms with Crippen LogP contribution in [0.15, 0.2) is 24.3 Å². The molecule has 0 saturated carbocycles. The van der Waals surface area contributed by atoms with Gasteiger partial charge < -0.3 is 9.84 Å². The smallest absolute Gasteiger partial charge is 0.305 e. The van der Waals surface area contributed by atoms with Gasteiger partial charge in [0.25, 0.3) is 0 Å². The zero-order valence-electron chi connectivity index (χ0n) is 24.1. The van der Waals surface area contributed by atoms with E-state index in [1.54, 1.807) is 12.1 Å². The highest BCUT2D eigenvalue weighted by atomic mass is 16.5. The second-order valence-corrected chi connectivity index (χ2v) is 11.5. The first kappa shape index (κ1) is 32.5. The van der Waals surface area contributed by atoms with Crippen molar-refractivity contribution < 1.29 is 14.6 Å². The molecular formula is C33H58O3. The van der Waals surface area contributed by atoms with E-state index >= 15 is 0 Å². The molecule has 0 saturated heterocycles. The van der Waals surface area contributed by atoms with Crippen LogP contribution in [-0.4, -0.2) is 17.7 Å². The van der Waals surface area contributed by atoms with Crippen molar-refractivity contribution >= 4 is 5.97 Å². The van der Waals surface area contributed by atoms with Gasteiger partial charge in [-0.2, -0.15) is 0 Å². The summed E-state index contributed by atoms with van der Waals surface area (Å²) >= 11 is 0. The van der Waals surface area contributed by atoms with Gasteiger partial charge in [0.2, 0.25) is 0 Å². The maximum atomic E-state index is 12.0. The van der Waals surface area contributed by atoms with Gasteiger partial charge in [0.1, 0.15) is 5.75 Å². The highest BCUT2D eigenvalue weighted by Gasteiger charge is 2.20. The summed E-state index contributed by atoms with van der Waals surface area (Å²) in [7, 11) is 0. The minimum Gasteiger partial charge on any atom is -0.508 e. The van der Waals surface area contributed by atoms with Gasteiger partial charge in [0, 0.05) is 6.42 Å². The van der Waals surface area contributed by atoms with Crippen LogP contribution in [-0.2, 0) is 14.9 Å². The standard InChI is InChI=1S/C33H58O3/c1-4-5-6-7-8-9-10-11-12-13-14-15-16-17-18-19-20-21-29-36-32(35)23-22-28-33(2,3)30-24-26-31(34)27-25-30/h24-27,34H,4-23,28-29H2,1-3H3. The Balaban J connectivity index is 1.83. The molecule has 0 spiro atoms. The van der Waals surface area contributed by atoms with Crippen molar-refractivity contribution in [2.45, 2.75) is 161 Å². The van der Waals surface area contributed by atoms with E-state index in [1.165, 1.54) is 115 Å². The lowest BCUT2D eigenvalue weighted by molar-refractivity contribution is -0.143. The number of hydrogen-bond acceptors (Lipinski definition) is 3. The van der Waals surface area contributed by atoms with Crippen LogP contribution in [0.4, 0.5) is 0 Å². The topological polar surface area (TPSA) is 46.5 Å². The number of carbonyl (C=O) groups is 1. The first-order valence-electron chi connectivity index (χ1n) is 15.4. The molecule has 1 aromatic rings. The maximum Gasteiger partial charge on any atom is 0.305 e. The normalized spacial score (nSPS) is 11.6. The lowest BCUT2D eigenvalue weighted by atomic mass is 9.80. The zero-order valence-corrected chi connectivity index (χ0v) is 24.1. The van der Waals surface area contributed by atoms with Gasteiger partial charge >= 0.3 is 5.97 Å². The number of benzene rings is 1. The van der Waals surface area contributed by atoms with E-state index in [0.29, 0.717) is 13.0 Å². The number of hydrogen-bond donors (Lipinski definition) is 1. The molecule has 0 unspecified atom stereocenters. The van der Waals surface area contributed by atoms with E-state index in [1.807, 2.05) is 12.1 Å². The summed E-state index contributed by atoms with van der Waals surface area (Å²) in [6.07, 6.45) is 26.8. The minimum atomic E-state index is -0.0662. The second kappa shape index (κ2) is 21.6. The molecule has 1 N–H and O–H groups in total. The maximum absolute atomic E-state index is 12.0. The molecule has 0 bridgehead atoms. The SMILES string of the molecule is CCCCCCCCCCCCCCCCCCCCOC(=O)CCCC(C)(C)c1ccc(O)cc1. The summed E-state index contributed by atoms with van der Waals surface area (Å²) in [5, 5.41) is 9.46. The molecule has 208 valence electrons. The van der Waals surface area contributed by atoms with Crippen LogP contribution in [0.2, 0.25) is 0 Å². The third kappa shape index (κ3) is 17.8. The number of phenols is 1. The van der Waals surface area contributed by atoms with Gasteiger partial charge in [-0.25, -0.2) is 0 Å². The average molecular weight is 503 g/mol. The van der Waals surface area contributed by atoms with Gasteiger partial charge in [-0.1, -0.05) is 142 Å². The van der Waals surface area contributed by atoms with Gasteiger partial charge in [0.05, 0.1) is 6.61 Å². The number of carbonyl (C=O) groups excluding carboxylic acids is 1. The number of ether oxygens (including phenoxy) is 1. The quantitative estimate of drug-likeness (QED) is 0.113. The predicted molar refractivity (Wildman–Crippen MR) is 155 cm³/mol. The van der Waals surface area contributed by atoms with Crippen LogP contribution >= 0.6 is 0 Å². The average Bonchev–Trinajstić information content (AvgIpc) is 2.85. The third-order valence-corrected chi connectivity index (χ3v) is 7.59. The molecule has 1 rings (SSSR count). The number of phenolic OH excluding ortho intramolecular Hbond substituents is 1. The lowest BCUT2D eigenvalue weighted by Gasteiger charge is -2.25. The van der Waals surface area contributed by atoms with Crippen molar-refractivity contribution in [3.63, 3.8) is 0 Å². The van der Waals surface area contributed by atoms with Crippen LogP contribution in [0.25, 0.3) is 0 Å². The van der Waals surface area contributed by atoms with E-state index < -0.39 is 0 Å². The van der Waals surface area contributed by atoms with E-state index in [4.69, 9.17) is 4.74 Å². The highest BCUT2D eigenvalue weighted by molar-refractivity contribution is 5.69. The van der Waals surface area contributed by atoms with Crippen LogP contribution in [0.1, 0.15) is 161 Å². The molecule has 0 amide bonds. The molecule has 0 aliphatic rings. The van der Waals surface area contributed by atoms with Crippen LogP contribution in [0.5, 0.6) is 5.75 Å². The zero-order chi connectivity index (χ0) is 26.3. The molecule has 1 aromatic carbocycles. The third-order valence-electron chi connectivity index (χ3n) is 7.59. The molecule has 36 heavy (non-hydrogen) atoms. The van der Waals surface area contributed by atoms with Crippen molar-refractivity contribution in [1.82, 2.24) is 0 Å². The Morgan fingerprint density at radius 2 is 1.08 bits per heavy atom. The Bertz CT molecular complexity index is 635. The monoisotopic (exact) mass is 502 g/mol. The number of unbranched alkanes of at least 4 members (excludes halogenated alkanes) is 17. The minimum absolute atomic E-state index is 0.0127. The van der Waals surface area contributed by atoms with Crippen molar-refractivity contribution in [1.29, 1.82) is 0 Å². The molecule has 0 atom stereocenters. The van der Waals surface area contributed by atoms with Gasteiger partial charge in [-0.3, -0.25) is 4.79 Å². The van der Waals surface area contributed by atoms with Crippen molar-refractivity contribution in [2.75, 3.05) is 6.61 Å². The Hall–Kier alpha value is -1.51. The van der Waals surface area contributed by atoms with Crippen molar-refractivity contribution in [2.24, 2.45) is 0 Å². The van der Waals surface area contributed by atoms with Crippen LogP contribution < -0.4 is 0 Å². The molecule has 0 aromatic heterocycles. The lowest BCUT2D eigenvalue weighted by Crippen LogP contribution is -2.17. The molecule has 3 nitrogen and oxygen atoms in total. The van der Waals surface area contributed by atoms with Gasteiger partial charge in [0.15, 0.2) is 0 Å². The summed E-state index contributed by atoms with van der Waals surface area (Å²) in [6.45, 7) is 7.22. The fourth-order valence-electron chi connectivity index (χ4n) is 4.99. The van der Waals surface area contributed by atoms with Crippen molar-refractivity contribution in [3.05, 3.63) is 29.8 Å². The summed E-state index contributed by atoms with van der Waals surface area (Å²) in [4.78, 5) is 12.0. The summed E-state index contributed by atoms with van der Waals surface area (Å²) in [6, 6.07) is 7.38. The summed E-state index contributed by atoms with van der Waals surface area (Å²) < 4.78 is 5.44. The first-order chi connectivity index (χ1) is 17.5. The van der Waals surface area contributed by atoms with Crippen LogP contribution in [0.3, 0.4) is 0 Å². The van der Waals surface area contributed by atoms with E-state index in [2.05, 4.69) is 20.8 Å². The highest BCUT2D eigenvalue weighted by Crippen LogP contribution is 2.30. The number of rotatable bonds is 24. The molecule has 0 aliphatic carbocycles.